The molecule has 3 nitrogen and oxygen atoms in total. The number of fused-ring (bicyclic) bond motifs is 1. The minimum absolute atomic E-state index is 0. The van der Waals surface area contributed by atoms with E-state index in [0.29, 0.717) is 22.4 Å². The van der Waals surface area contributed by atoms with Crippen molar-refractivity contribution < 1.29 is 9.18 Å². The molecular weight excluding hydrogens is 299 g/mol. The number of carbonyl (C=O) groups is 1. The summed E-state index contributed by atoms with van der Waals surface area (Å²) in [5.41, 5.74) is 0.715. The summed E-state index contributed by atoms with van der Waals surface area (Å²) in [6.45, 7) is 4.32. The predicted octanol–water partition coefficient (Wildman–Crippen LogP) is 3.11. The number of likely N-dealkylation sites (N-methyl/N-ethyl adjacent to an activating group) is 1. The molecule has 0 fully saturated rings. The summed E-state index contributed by atoms with van der Waals surface area (Å²) in [5.74, 6) is -0.408. The predicted molar refractivity (Wildman–Crippen MR) is 84.6 cm³/mol. The van der Waals surface area contributed by atoms with Gasteiger partial charge in [-0.3, -0.25) is 4.79 Å². The third-order valence-corrected chi connectivity index (χ3v) is 4.43. The van der Waals surface area contributed by atoms with Crippen LogP contribution in [-0.4, -0.2) is 25.5 Å². The second kappa shape index (κ2) is 7.02. The van der Waals surface area contributed by atoms with Crippen molar-refractivity contribution in [2.24, 2.45) is 0 Å². The van der Waals surface area contributed by atoms with Gasteiger partial charge in [0.05, 0.1) is 4.88 Å². The van der Waals surface area contributed by atoms with E-state index in [0.717, 1.165) is 4.70 Å². The number of hydrogen-bond acceptors (Lipinski definition) is 3. The summed E-state index contributed by atoms with van der Waals surface area (Å²) in [6, 6.07) is 5.13. The largest absolute Gasteiger partial charge is 0.350 e. The molecule has 0 saturated carbocycles. The molecule has 0 radical (unpaired) electrons. The highest BCUT2D eigenvalue weighted by Gasteiger charge is 2.17. The van der Waals surface area contributed by atoms with Gasteiger partial charge in [0.1, 0.15) is 5.82 Å². The van der Waals surface area contributed by atoms with Crippen molar-refractivity contribution in [3.05, 3.63) is 34.5 Å². The molecule has 20 heavy (non-hydrogen) atoms. The molecule has 0 aliphatic rings. The topological polar surface area (TPSA) is 41.1 Å². The second-order valence-corrected chi connectivity index (χ2v) is 5.62. The van der Waals surface area contributed by atoms with Gasteiger partial charge in [-0.1, -0.05) is 6.07 Å². The van der Waals surface area contributed by atoms with Gasteiger partial charge in [-0.05, 0) is 38.6 Å². The van der Waals surface area contributed by atoms with Gasteiger partial charge in [-0.25, -0.2) is 4.39 Å². The van der Waals surface area contributed by atoms with Crippen LogP contribution in [0.3, 0.4) is 0 Å². The lowest BCUT2D eigenvalue weighted by Crippen LogP contribution is -2.37. The van der Waals surface area contributed by atoms with E-state index in [1.54, 1.807) is 13.0 Å². The van der Waals surface area contributed by atoms with Gasteiger partial charge >= 0.3 is 0 Å². The van der Waals surface area contributed by atoms with Gasteiger partial charge in [0.2, 0.25) is 0 Å². The average molecular weight is 317 g/mol. The Labute approximate surface area is 128 Å². The van der Waals surface area contributed by atoms with Crippen molar-refractivity contribution in [2.45, 2.75) is 19.9 Å². The van der Waals surface area contributed by atoms with E-state index in [2.05, 4.69) is 10.6 Å². The lowest BCUT2D eigenvalue weighted by Gasteiger charge is -2.10. The van der Waals surface area contributed by atoms with E-state index in [1.165, 1.54) is 17.4 Å². The molecule has 1 heterocycles. The normalized spacial score (nSPS) is 12.0. The van der Waals surface area contributed by atoms with Gasteiger partial charge in [0.25, 0.3) is 5.91 Å². The van der Waals surface area contributed by atoms with Gasteiger partial charge < -0.3 is 10.6 Å². The molecule has 2 aromatic rings. The number of rotatable bonds is 4. The maximum absolute atomic E-state index is 13.8. The average Bonchev–Trinajstić information content (AvgIpc) is 2.74. The first-order valence-corrected chi connectivity index (χ1v) is 6.99. The number of hydrogen-bond donors (Lipinski definition) is 2. The van der Waals surface area contributed by atoms with Crippen LogP contribution in [0.4, 0.5) is 4.39 Å². The molecular formula is C14H18ClFN2OS. The summed E-state index contributed by atoms with van der Waals surface area (Å²) >= 11 is 1.33. The summed E-state index contributed by atoms with van der Waals surface area (Å²) < 4.78 is 14.6. The lowest BCUT2D eigenvalue weighted by atomic mass is 10.1. The van der Waals surface area contributed by atoms with Gasteiger partial charge in [-0.2, -0.15) is 0 Å². The van der Waals surface area contributed by atoms with Crippen LogP contribution in [0, 0.1) is 12.7 Å². The fraction of sp³-hybridized carbons (Fsp3) is 0.357. The van der Waals surface area contributed by atoms with E-state index < -0.39 is 0 Å². The molecule has 0 aliphatic carbocycles. The van der Waals surface area contributed by atoms with Crippen LogP contribution in [0.1, 0.15) is 22.2 Å². The van der Waals surface area contributed by atoms with Crippen LogP contribution in [0.15, 0.2) is 18.2 Å². The Bertz CT molecular complexity index is 614. The zero-order chi connectivity index (χ0) is 14.0. The molecule has 1 amide bonds. The number of carbonyl (C=O) groups excluding carboxylic acids is 1. The monoisotopic (exact) mass is 316 g/mol. The first kappa shape index (κ1) is 16.9. The molecule has 2 N–H and O–H groups in total. The number of nitrogens with one attached hydrogen (secondary N) is 2. The van der Waals surface area contributed by atoms with E-state index >= 15 is 0 Å². The van der Waals surface area contributed by atoms with Crippen LogP contribution < -0.4 is 10.6 Å². The van der Waals surface area contributed by atoms with Crippen LogP contribution in [0.5, 0.6) is 0 Å². The molecule has 1 unspecified atom stereocenters. The third kappa shape index (κ3) is 3.29. The zero-order valence-electron chi connectivity index (χ0n) is 11.6. The highest BCUT2D eigenvalue weighted by atomic mass is 35.5. The van der Waals surface area contributed by atoms with Crippen molar-refractivity contribution in [3.8, 4) is 0 Å². The second-order valence-electron chi connectivity index (χ2n) is 4.57. The molecule has 1 atom stereocenters. The van der Waals surface area contributed by atoms with Crippen molar-refractivity contribution >= 4 is 39.7 Å². The zero-order valence-corrected chi connectivity index (χ0v) is 13.3. The molecule has 1 aromatic carbocycles. The molecule has 0 spiro atoms. The van der Waals surface area contributed by atoms with E-state index in [9.17, 15) is 9.18 Å². The highest BCUT2D eigenvalue weighted by molar-refractivity contribution is 7.21. The Kier molecular flexibility index (Phi) is 5.92. The standard InChI is InChI=1S/C14H17FN2OS.ClH/c1-8(16-3)7-17-14(18)13-9(2)12-10(15)5-4-6-11(12)19-13;/h4-6,8,16H,7H2,1-3H3,(H,17,18);1H. The Morgan fingerprint density at radius 3 is 2.75 bits per heavy atom. The van der Waals surface area contributed by atoms with E-state index in [-0.39, 0.29) is 30.2 Å². The number of aryl methyl sites for hydroxylation is 1. The minimum atomic E-state index is -0.270. The molecule has 0 aliphatic heterocycles. The van der Waals surface area contributed by atoms with Gasteiger partial charge in [-0.15, -0.1) is 23.7 Å². The molecule has 1 aromatic heterocycles. The Morgan fingerprint density at radius 2 is 2.15 bits per heavy atom. The van der Waals surface area contributed by atoms with Crippen molar-refractivity contribution in [1.29, 1.82) is 0 Å². The van der Waals surface area contributed by atoms with Crippen molar-refractivity contribution in [3.63, 3.8) is 0 Å². The van der Waals surface area contributed by atoms with Crippen LogP contribution in [0.2, 0.25) is 0 Å². The van der Waals surface area contributed by atoms with Gasteiger partial charge in [0.15, 0.2) is 0 Å². The lowest BCUT2D eigenvalue weighted by molar-refractivity contribution is 0.0954. The number of amides is 1. The smallest absolute Gasteiger partial charge is 0.261 e. The SMILES string of the molecule is CNC(C)CNC(=O)c1sc2cccc(F)c2c1C.Cl. The van der Waals surface area contributed by atoms with E-state index in [1.807, 2.05) is 20.0 Å². The summed E-state index contributed by atoms with van der Waals surface area (Å²) in [4.78, 5) is 12.7. The van der Waals surface area contributed by atoms with Crippen LogP contribution in [-0.2, 0) is 0 Å². The molecule has 2 rings (SSSR count). The third-order valence-electron chi connectivity index (χ3n) is 3.17. The minimum Gasteiger partial charge on any atom is -0.350 e. The summed E-state index contributed by atoms with van der Waals surface area (Å²) in [7, 11) is 1.84. The van der Waals surface area contributed by atoms with Crippen molar-refractivity contribution in [2.75, 3.05) is 13.6 Å². The van der Waals surface area contributed by atoms with E-state index in [4.69, 9.17) is 0 Å². The van der Waals surface area contributed by atoms with Crippen LogP contribution >= 0.6 is 23.7 Å². The number of halogens is 2. The van der Waals surface area contributed by atoms with Gasteiger partial charge in [0, 0.05) is 22.7 Å². The molecule has 0 saturated heterocycles. The molecule has 110 valence electrons. The maximum Gasteiger partial charge on any atom is 0.261 e. The summed E-state index contributed by atoms with van der Waals surface area (Å²) in [6.07, 6.45) is 0. The quantitative estimate of drug-likeness (QED) is 0.910. The Morgan fingerprint density at radius 1 is 1.45 bits per heavy atom. The van der Waals surface area contributed by atoms with Crippen molar-refractivity contribution in [1.82, 2.24) is 10.6 Å². The first-order chi connectivity index (χ1) is 9.04. The first-order valence-electron chi connectivity index (χ1n) is 6.17. The fourth-order valence-corrected chi connectivity index (χ4v) is 3.04. The number of thiophene rings is 1. The maximum atomic E-state index is 13.8. The molecule has 0 bridgehead atoms. The Hall–Kier alpha value is -1.17. The van der Waals surface area contributed by atoms with Crippen LogP contribution in [0.25, 0.3) is 10.1 Å². The number of benzene rings is 1. The fourth-order valence-electron chi connectivity index (χ4n) is 1.90. The molecule has 6 heteroatoms. The Balaban J connectivity index is 0.00000200. The summed E-state index contributed by atoms with van der Waals surface area (Å²) in [5, 5.41) is 6.46. The highest BCUT2D eigenvalue weighted by Crippen LogP contribution is 2.32.